The van der Waals surface area contributed by atoms with Crippen molar-refractivity contribution < 1.29 is 0 Å². The zero-order chi connectivity index (χ0) is 12.3. The molecule has 1 aromatic carbocycles. The second kappa shape index (κ2) is 5.87. The van der Waals surface area contributed by atoms with E-state index in [-0.39, 0.29) is 6.04 Å². The van der Waals surface area contributed by atoms with Gasteiger partial charge in [0, 0.05) is 21.6 Å². The van der Waals surface area contributed by atoms with Gasteiger partial charge in [-0.25, -0.2) is 0 Å². The van der Waals surface area contributed by atoms with Crippen LogP contribution in [0, 0.1) is 0 Å². The van der Waals surface area contributed by atoms with Crippen molar-refractivity contribution in [2.75, 3.05) is 11.9 Å². The third-order valence-electron chi connectivity index (χ3n) is 2.38. The quantitative estimate of drug-likeness (QED) is 0.877. The van der Waals surface area contributed by atoms with Gasteiger partial charge in [-0.1, -0.05) is 17.7 Å². The molecule has 0 saturated heterocycles. The predicted molar refractivity (Wildman–Crippen MR) is 78.9 cm³/mol. The number of nitrogens with one attached hydrogen (secondary N) is 1. The fourth-order valence-electron chi connectivity index (χ4n) is 1.52. The van der Waals surface area contributed by atoms with Crippen molar-refractivity contribution in [1.82, 2.24) is 0 Å². The van der Waals surface area contributed by atoms with Crippen molar-refractivity contribution in [2.24, 2.45) is 5.73 Å². The van der Waals surface area contributed by atoms with Gasteiger partial charge in [-0.2, -0.15) is 0 Å². The van der Waals surface area contributed by atoms with Crippen LogP contribution in [0.5, 0.6) is 0 Å². The molecule has 1 atom stereocenters. The van der Waals surface area contributed by atoms with E-state index in [0.717, 1.165) is 10.2 Å². The minimum atomic E-state index is 0.142. The number of benzene rings is 1. The topological polar surface area (TPSA) is 38.0 Å². The van der Waals surface area contributed by atoms with Gasteiger partial charge in [0.15, 0.2) is 0 Å². The van der Waals surface area contributed by atoms with Crippen molar-refractivity contribution in [2.45, 2.75) is 6.04 Å². The van der Waals surface area contributed by atoms with E-state index in [1.807, 2.05) is 24.3 Å². The molecular formula is C12H12BrClN2S. The van der Waals surface area contributed by atoms with Crippen molar-refractivity contribution in [3.05, 3.63) is 50.1 Å². The fraction of sp³-hybridized carbons (Fsp3) is 0.167. The first-order valence-electron chi connectivity index (χ1n) is 5.16. The molecule has 1 unspecified atom stereocenters. The lowest BCUT2D eigenvalue weighted by Crippen LogP contribution is -2.19. The van der Waals surface area contributed by atoms with Crippen LogP contribution in [-0.2, 0) is 0 Å². The molecule has 0 radical (unpaired) electrons. The van der Waals surface area contributed by atoms with Crippen LogP contribution in [-0.4, -0.2) is 6.54 Å². The van der Waals surface area contributed by atoms with Crippen LogP contribution >= 0.6 is 38.9 Å². The minimum absolute atomic E-state index is 0.142. The standard InChI is InChI=1S/C12H12BrClN2S/c13-9-6-8(3-4-10(9)14)16-11(7-15)12-2-1-5-17-12/h1-6,11,16H,7,15H2. The van der Waals surface area contributed by atoms with Gasteiger partial charge in [0.1, 0.15) is 0 Å². The molecule has 17 heavy (non-hydrogen) atoms. The average molecular weight is 332 g/mol. The number of nitrogens with two attached hydrogens (primary N) is 1. The van der Waals surface area contributed by atoms with E-state index in [1.54, 1.807) is 11.3 Å². The number of halogens is 2. The molecule has 2 aromatic rings. The minimum Gasteiger partial charge on any atom is -0.376 e. The van der Waals surface area contributed by atoms with Crippen molar-refractivity contribution in [3.63, 3.8) is 0 Å². The van der Waals surface area contributed by atoms with Crippen molar-refractivity contribution >= 4 is 44.6 Å². The smallest absolute Gasteiger partial charge is 0.0728 e. The largest absolute Gasteiger partial charge is 0.376 e. The molecular weight excluding hydrogens is 320 g/mol. The highest BCUT2D eigenvalue weighted by Crippen LogP contribution is 2.28. The molecule has 0 spiro atoms. The second-order valence-corrected chi connectivity index (χ2v) is 5.82. The Kier molecular flexibility index (Phi) is 4.45. The maximum atomic E-state index is 5.95. The highest BCUT2D eigenvalue weighted by molar-refractivity contribution is 9.10. The summed E-state index contributed by atoms with van der Waals surface area (Å²) in [5.41, 5.74) is 6.79. The molecule has 2 rings (SSSR count). The monoisotopic (exact) mass is 330 g/mol. The van der Waals surface area contributed by atoms with Gasteiger partial charge >= 0.3 is 0 Å². The number of thiophene rings is 1. The highest BCUT2D eigenvalue weighted by atomic mass is 79.9. The Morgan fingerprint density at radius 2 is 2.24 bits per heavy atom. The van der Waals surface area contributed by atoms with E-state index in [9.17, 15) is 0 Å². The Labute approximate surface area is 118 Å². The molecule has 5 heteroatoms. The SMILES string of the molecule is NCC(Nc1ccc(Cl)c(Br)c1)c1cccs1. The van der Waals surface area contributed by atoms with E-state index in [0.29, 0.717) is 11.6 Å². The molecule has 2 nitrogen and oxygen atoms in total. The molecule has 90 valence electrons. The first-order valence-corrected chi connectivity index (χ1v) is 7.21. The predicted octanol–water partition coefficient (Wildman–Crippen LogP) is 4.28. The normalized spacial score (nSPS) is 12.4. The van der Waals surface area contributed by atoms with E-state index >= 15 is 0 Å². The van der Waals surface area contributed by atoms with Gasteiger partial charge in [0.25, 0.3) is 0 Å². The van der Waals surface area contributed by atoms with Gasteiger partial charge in [0.2, 0.25) is 0 Å². The molecule has 0 aliphatic heterocycles. The number of anilines is 1. The van der Waals surface area contributed by atoms with Crippen molar-refractivity contribution in [3.8, 4) is 0 Å². The summed E-state index contributed by atoms with van der Waals surface area (Å²) in [6, 6.07) is 10.0. The second-order valence-electron chi connectivity index (χ2n) is 3.58. The molecule has 0 aliphatic rings. The van der Waals surface area contributed by atoms with E-state index in [1.165, 1.54) is 4.88 Å². The van der Waals surface area contributed by atoms with Gasteiger partial charge in [-0.05, 0) is 45.6 Å². The molecule has 1 heterocycles. The van der Waals surface area contributed by atoms with Crippen LogP contribution in [0.1, 0.15) is 10.9 Å². The van der Waals surface area contributed by atoms with Crippen LogP contribution in [0.3, 0.4) is 0 Å². The number of hydrogen-bond acceptors (Lipinski definition) is 3. The summed E-state index contributed by atoms with van der Waals surface area (Å²) in [4.78, 5) is 1.23. The zero-order valence-corrected chi connectivity index (χ0v) is 12.1. The molecule has 0 amide bonds. The Hall–Kier alpha value is -0.550. The summed E-state index contributed by atoms with van der Waals surface area (Å²) in [5, 5.41) is 6.15. The van der Waals surface area contributed by atoms with Gasteiger partial charge in [0.05, 0.1) is 11.1 Å². The van der Waals surface area contributed by atoms with Crippen LogP contribution in [0.2, 0.25) is 5.02 Å². The summed E-state index contributed by atoms with van der Waals surface area (Å²) < 4.78 is 0.881. The van der Waals surface area contributed by atoms with E-state index in [2.05, 4.69) is 32.7 Å². The van der Waals surface area contributed by atoms with Gasteiger partial charge in [-0.15, -0.1) is 11.3 Å². The summed E-state index contributed by atoms with van der Waals surface area (Å²) in [6.45, 7) is 0.556. The summed E-state index contributed by atoms with van der Waals surface area (Å²) >= 11 is 11.1. The summed E-state index contributed by atoms with van der Waals surface area (Å²) in [5.74, 6) is 0. The van der Waals surface area contributed by atoms with E-state index < -0.39 is 0 Å². The Bertz CT molecular complexity index is 487. The Morgan fingerprint density at radius 1 is 1.41 bits per heavy atom. The summed E-state index contributed by atoms with van der Waals surface area (Å²) in [7, 11) is 0. The lowest BCUT2D eigenvalue weighted by atomic mass is 10.2. The number of rotatable bonds is 4. The molecule has 1 aromatic heterocycles. The van der Waals surface area contributed by atoms with E-state index in [4.69, 9.17) is 17.3 Å². The molecule has 3 N–H and O–H groups in total. The lowest BCUT2D eigenvalue weighted by molar-refractivity contribution is 0.806. The van der Waals surface area contributed by atoms with Gasteiger partial charge < -0.3 is 11.1 Å². The molecule has 0 fully saturated rings. The average Bonchev–Trinajstić information content (AvgIpc) is 2.84. The molecule has 0 saturated carbocycles. The maximum absolute atomic E-state index is 5.95. The summed E-state index contributed by atoms with van der Waals surface area (Å²) in [6.07, 6.45) is 0. The molecule has 0 aliphatic carbocycles. The third kappa shape index (κ3) is 3.22. The zero-order valence-electron chi connectivity index (χ0n) is 8.99. The highest BCUT2D eigenvalue weighted by Gasteiger charge is 2.10. The van der Waals surface area contributed by atoms with Crippen LogP contribution in [0.25, 0.3) is 0 Å². The van der Waals surface area contributed by atoms with Crippen LogP contribution in [0.15, 0.2) is 40.2 Å². The third-order valence-corrected chi connectivity index (χ3v) is 4.58. The maximum Gasteiger partial charge on any atom is 0.0728 e. The number of hydrogen-bond donors (Lipinski definition) is 2. The van der Waals surface area contributed by atoms with Crippen LogP contribution in [0.4, 0.5) is 5.69 Å². The van der Waals surface area contributed by atoms with Gasteiger partial charge in [-0.3, -0.25) is 0 Å². The fourth-order valence-corrected chi connectivity index (χ4v) is 2.81. The van der Waals surface area contributed by atoms with Crippen molar-refractivity contribution in [1.29, 1.82) is 0 Å². The Balaban J connectivity index is 2.16. The first kappa shape index (κ1) is 12.9. The van der Waals surface area contributed by atoms with Crippen LogP contribution < -0.4 is 11.1 Å². The Morgan fingerprint density at radius 3 is 2.82 bits per heavy atom. The lowest BCUT2D eigenvalue weighted by Gasteiger charge is -2.17. The first-order chi connectivity index (χ1) is 8.20. The molecule has 0 bridgehead atoms.